The molecule has 0 aliphatic carbocycles. The van der Waals surface area contributed by atoms with Gasteiger partial charge >= 0.3 is 0 Å². The van der Waals surface area contributed by atoms with Crippen molar-refractivity contribution in [3.8, 4) is 34.3 Å². The zero-order valence-electron chi connectivity index (χ0n) is 14.0. The second-order valence-corrected chi connectivity index (χ2v) is 5.46. The molecule has 0 aliphatic rings. The number of anilines is 1. The normalized spacial score (nSPS) is 10.6. The molecule has 2 aromatic heterocycles. The number of hydrogen-bond acceptors (Lipinski definition) is 8. The number of carbonyl (C=O) groups is 1. The minimum atomic E-state index is -0.189. The number of rotatable bonds is 5. The van der Waals surface area contributed by atoms with Gasteiger partial charge in [0.05, 0.1) is 5.69 Å². The summed E-state index contributed by atoms with van der Waals surface area (Å²) in [7, 11) is 0. The fourth-order valence-electron chi connectivity index (χ4n) is 2.49. The van der Waals surface area contributed by atoms with Gasteiger partial charge in [-0.25, -0.2) is 0 Å². The van der Waals surface area contributed by atoms with Gasteiger partial charge in [0.2, 0.25) is 17.6 Å². The number of ether oxygens (including phenoxy) is 1. The molecule has 0 saturated heterocycles. The molecule has 2 aromatic carbocycles. The van der Waals surface area contributed by atoms with Crippen molar-refractivity contribution in [1.29, 1.82) is 0 Å². The predicted molar refractivity (Wildman–Crippen MR) is 93.6 cm³/mol. The maximum absolute atomic E-state index is 11.4. The van der Waals surface area contributed by atoms with Gasteiger partial charge in [-0.1, -0.05) is 12.1 Å². The average molecular weight is 363 g/mol. The Morgan fingerprint density at radius 3 is 2.33 bits per heavy atom. The van der Waals surface area contributed by atoms with E-state index in [-0.39, 0.29) is 5.91 Å². The number of nitrogens with one attached hydrogen (secondary N) is 3. The van der Waals surface area contributed by atoms with Gasteiger partial charge in [0.1, 0.15) is 5.75 Å². The van der Waals surface area contributed by atoms with E-state index >= 15 is 0 Å². The standard InChI is InChI=1S/C16H13N9O2/c1-9(26)17-13-4-2-3-5-14(13)27-10-6-7-11(15-18-22-23-19-15)12(8-10)16-20-24-25-21-16/h2-8H,1H3,(H,17,26)(H,18,19,22,23)(H,20,21,24,25). The van der Waals surface area contributed by atoms with Crippen LogP contribution in [0.25, 0.3) is 22.8 Å². The van der Waals surface area contributed by atoms with Gasteiger partial charge in [-0.15, -0.1) is 20.4 Å². The molecule has 11 heteroatoms. The van der Waals surface area contributed by atoms with Gasteiger partial charge in [0.15, 0.2) is 5.75 Å². The highest BCUT2D eigenvalue weighted by Crippen LogP contribution is 2.35. The number of tetrazole rings is 2. The van der Waals surface area contributed by atoms with Crippen molar-refractivity contribution in [2.45, 2.75) is 6.92 Å². The average Bonchev–Trinajstić information content (AvgIpc) is 3.37. The van der Waals surface area contributed by atoms with Crippen LogP contribution in [0.3, 0.4) is 0 Å². The lowest BCUT2D eigenvalue weighted by Gasteiger charge is -2.12. The van der Waals surface area contributed by atoms with Crippen LogP contribution in [-0.4, -0.2) is 47.2 Å². The van der Waals surface area contributed by atoms with Crippen molar-refractivity contribution >= 4 is 11.6 Å². The first-order chi connectivity index (χ1) is 13.2. The number of para-hydroxylation sites is 2. The first-order valence-electron chi connectivity index (χ1n) is 7.87. The van der Waals surface area contributed by atoms with Crippen LogP contribution >= 0.6 is 0 Å². The zero-order chi connectivity index (χ0) is 18.6. The summed E-state index contributed by atoms with van der Waals surface area (Å²) in [6.45, 7) is 1.44. The molecule has 27 heavy (non-hydrogen) atoms. The highest BCUT2D eigenvalue weighted by atomic mass is 16.5. The Hall–Kier alpha value is -4.15. The molecule has 0 unspecified atom stereocenters. The molecular weight excluding hydrogens is 350 g/mol. The van der Waals surface area contributed by atoms with Gasteiger partial charge in [0, 0.05) is 18.1 Å². The Kier molecular flexibility index (Phi) is 4.23. The first-order valence-corrected chi connectivity index (χ1v) is 7.87. The molecule has 134 valence electrons. The molecule has 0 aliphatic heterocycles. The van der Waals surface area contributed by atoms with Crippen LogP contribution in [0.15, 0.2) is 42.5 Å². The summed E-state index contributed by atoms with van der Waals surface area (Å²) in [4.78, 5) is 11.4. The third-order valence-electron chi connectivity index (χ3n) is 3.59. The number of amides is 1. The van der Waals surface area contributed by atoms with E-state index < -0.39 is 0 Å². The molecular formula is C16H13N9O2. The molecule has 3 N–H and O–H groups in total. The van der Waals surface area contributed by atoms with E-state index in [1.165, 1.54) is 6.92 Å². The van der Waals surface area contributed by atoms with Gasteiger partial charge in [0.25, 0.3) is 0 Å². The summed E-state index contributed by atoms with van der Waals surface area (Å²) < 4.78 is 5.96. The van der Waals surface area contributed by atoms with Gasteiger partial charge in [-0.2, -0.15) is 10.4 Å². The number of hydrogen-bond donors (Lipinski definition) is 3. The molecule has 4 aromatic rings. The largest absolute Gasteiger partial charge is 0.455 e. The van der Waals surface area contributed by atoms with Crippen LogP contribution in [0.5, 0.6) is 11.5 Å². The summed E-state index contributed by atoms with van der Waals surface area (Å²) in [5, 5.41) is 30.8. The van der Waals surface area contributed by atoms with E-state index in [4.69, 9.17) is 4.74 Å². The molecule has 0 radical (unpaired) electrons. The van der Waals surface area contributed by atoms with Crippen LogP contribution in [0.1, 0.15) is 6.92 Å². The van der Waals surface area contributed by atoms with E-state index in [0.717, 1.165) is 0 Å². The molecule has 0 fully saturated rings. The summed E-state index contributed by atoms with van der Waals surface area (Å²) >= 11 is 0. The van der Waals surface area contributed by atoms with E-state index in [1.807, 2.05) is 12.1 Å². The number of H-pyrrole nitrogens is 2. The molecule has 4 rings (SSSR count). The maximum Gasteiger partial charge on any atom is 0.221 e. The fraction of sp³-hybridized carbons (Fsp3) is 0.0625. The minimum absolute atomic E-state index is 0.189. The summed E-state index contributed by atoms with van der Waals surface area (Å²) in [5.74, 6) is 1.57. The molecule has 0 spiro atoms. The van der Waals surface area contributed by atoms with Crippen molar-refractivity contribution in [2.75, 3.05) is 5.32 Å². The minimum Gasteiger partial charge on any atom is -0.455 e. The third-order valence-corrected chi connectivity index (χ3v) is 3.59. The first kappa shape index (κ1) is 16.3. The Morgan fingerprint density at radius 1 is 0.963 bits per heavy atom. The van der Waals surface area contributed by atoms with Crippen molar-refractivity contribution in [1.82, 2.24) is 41.2 Å². The summed E-state index contributed by atoms with van der Waals surface area (Å²) in [6, 6.07) is 12.4. The second kappa shape index (κ2) is 7.00. The highest BCUT2D eigenvalue weighted by molar-refractivity contribution is 5.90. The van der Waals surface area contributed by atoms with E-state index in [2.05, 4.69) is 46.6 Å². The Balaban J connectivity index is 1.73. The topological polar surface area (TPSA) is 147 Å². The quantitative estimate of drug-likeness (QED) is 0.486. The molecule has 2 heterocycles. The maximum atomic E-state index is 11.4. The van der Waals surface area contributed by atoms with E-state index in [0.29, 0.717) is 40.0 Å². The number of carbonyl (C=O) groups excluding carboxylic acids is 1. The number of aromatic nitrogens is 8. The smallest absolute Gasteiger partial charge is 0.221 e. The van der Waals surface area contributed by atoms with Crippen LogP contribution in [0, 0.1) is 0 Å². The lowest BCUT2D eigenvalue weighted by molar-refractivity contribution is -0.114. The van der Waals surface area contributed by atoms with Gasteiger partial charge in [-0.05, 0) is 40.8 Å². The highest BCUT2D eigenvalue weighted by Gasteiger charge is 2.16. The van der Waals surface area contributed by atoms with Crippen molar-refractivity contribution in [3.05, 3.63) is 42.5 Å². The van der Waals surface area contributed by atoms with Crippen LogP contribution in [0.4, 0.5) is 5.69 Å². The molecule has 0 bridgehead atoms. The number of benzene rings is 2. The predicted octanol–water partition coefficient (Wildman–Crippen LogP) is 1.80. The molecule has 11 nitrogen and oxygen atoms in total. The van der Waals surface area contributed by atoms with Crippen molar-refractivity contribution in [2.24, 2.45) is 0 Å². The fourth-order valence-corrected chi connectivity index (χ4v) is 2.49. The molecule has 0 saturated carbocycles. The Labute approximate surface area is 152 Å². The molecule has 0 atom stereocenters. The second-order valence-electron chi connectivity index (χ2n) is 5.46. The van der Waals surface area contributed by atoms with Crippen LogP contribution < -0.4 is 10.1 Å². The molecule has 1 amide bonds. The van der Waals surface area contributed by atoms with Crippen molar-refractivity contribution in [3.63, 3.8) is 0 Å². The van der Waals surface area contributed by atoms with E-state index in [9.17, 15) is 4.79 Å². The Bertz CT molecular complexity index is 1060. The monoisotopic (exact) mass is 363 g/mol. The third kappa shape index (κ3) is 3.46. The zero-order valence-corrected chi connectivity index (χ0v) is 14.0. The van der Waals surface area contributed by atoms with Crippen LogP contribution in [-0.2, 0) is 4.79 Å². The van der Waals surface area contributed by atoms with E-state index in [1.54, 1.807) is 30.3 Å². The van der Waals surface area contributed by atoms with Gasteiger partial charge < -0.3 is 10.1 Å². The number of aromatic amines is 2. The SMILES string of the molecule is CC(=O)Nc1ccccc1Oc1ccc(-c2nn[nH]n2)c(-c2nn[nH]n2)c1. The summed E-state index contributed by atoms with van der Waals surface area (Å²) in [5.41, 5.74) is 1.83. The number of nitrogens with zero attached hydrogens (tertiary/aromatic N) is 6. The lowest BCUT2D eigenvalue weighted by atomic mass is 10.1. The van der Waals surface area contributed by atoms with Crippen LogP contribution in [0.2, 0.25) is 0 Å². The lowest BCUT2D eigenvalue weighted by Crippen LogP contribution is -2.06. The van der Waals surface area contributed by atoms with Gasteiger partial charge in [-0.3, -0.25) is 4.79 Å². The Morgan fingerprint density at radius 2 is 1.67 bits per heavy atom. The summed E-state index contributed by atoms with van der Waals surface area (Å²) in [6.07, 6.45) is 0. The van der Waals surface area contributed by atoms with Crippen molar-refractivity contribution < 1.29 is 9.53 Å².